The Morgan fingerprint density at radius 2 is 2.00 bits per heavy atom. The molecule has 1 aromatic heterocycles. The van der Waals surface area contributed by atoms with Gasteiger partial charge in [0.2, 0.25) is 0 Å². The van der Waals surface area contributed by atoms with Crippen molar-refractivity contribution in [3.05, 3.63) is 87.5 Å². The Labute approximate surface area is 174 Å². The van der Waals surface area contributed by atoms with Crippen molar-refractivity contribution in [2.45, 2.75) is 17.2 Å². The highest BCUT2D eigenvalue weighted by Gasteiger charge is 2.35. The van der Waals surface area contributed by atoms with E-state index in [1.54, 1.807) is 12.3 Å². The van der Waals surface area contributed by atoms with Crippen LogP contribution in [0.3, 0.4) is 0 Å². The number of rotatable bonds is 5. The number of benzene rings is 2. The van der Waals surface area contributed by atoms with Crippen LogP contribution in [0, 0.1) is 0 Å². The summed E-state index contributed by atoms with van der Waals surface area (Å²) in [5, 5.41) is 3.50. The molecule has 1 atom stereocenters. The highest BCUT2D eigenvalue weighted by Crippen LogP contribution is 2.43. The number of thiazole rings is 1. The number of nitrogens with zero attached hydrogens (tertiary/aromatic N) is 2. The highest BCUT2D eigenvalue weighted by atomic mass is 35.5. The van der Waals surface area contributed by atoms with Gasteiger partial charge in [0.15, 0.2) is 9.84 Å². The number of halogens is 1. The van der Waals surface area contributed by atoms with Crippen molar-refractivity contribution in [3.8, 4) is 0 Å². The van der Waals surface area contributed by atoms with E-state index >= 15 is 0 Å². The van der Waals surface area contributed by atoms with Gasteiger partial charge in [0, 0.05) is 53.1 Å². The fraction of sp³-hybridized carbons (Fsp3) is 0.190. The van der Waals surface area contributed by atoms with Crippen molar-refractivity contribution in [2.75, 3.05) is 17.7 Å². The third-order valence-electron chi connectivity index (χ3n) is 5.01. The third kappa shape index (κ3) is 3.60. The van der Waals surface area contributed by atoms with Gasteiger partial charge in [-0.25, -0.2) is 13.4 Å². The second-order valence-electron chi connectivity index (χ2n) is 6.83. The minimum absolute atomic E-state index is 0.0762. The van der Waals surface area contributed by atoms with E-state index in [-0.39, 0.29) is 5.92 Å². The zero-order valence-electron chi connectivity index (χ0n) is 15.3. The topological polar surface area (TPSA) is 50.3 Å². The molecule has 4 rings (SSSR count). The Bertz CT molecular complexity index is 1120. The number of hydrogen-bond donors (Lipinski definition) is 0. The fourth-order valence-electron chi connectivity index (χ4n) is 3.59. The summed E-state index contributed by atoms with van der Waals surface area (Å²) in [4.78, 5) is 6.85. The molecule has 1 saturated heterocycles. The second kappa shape index (κ2) is 7.35. The van der Waals surface area contributed by atoms with Crippen molar-refractivity contribution in [1.29, 1.82) is 0 Å². The Balaban J connectivity index is 1.70. The van der Waals surface area contributed by atoms with Crippen LogP contribution in [0.5, 0.6) is 0 Å². The van der Waals surface area contributed by atoms with Crippen LogP contribution >= 0.6 is 22.9 Å². The maximum absolute atomic E-state index is 12.4. The summed E-state index contributed by atoms with van der Waals surface area (Å²) in [6.07, 6.45) is 3.50. The van der Waals surface area contributed by atoms with Crippen LogP contribution in [0.15, 0.2) is 71.2 Å². The van der Waals surface area contributed by atoms with E-state index in [1.807, 2.05) is 41.8 Å². The fourth-order valence-corrected chi connectivity index (χ4v) is 5.31. The van der Waals surface area contributed by atoms with E-state index in [4.69, 9.17) is 11.6 Å². The summed E-state index contributed by atoms with van der Waals surface area (Å²) in [6, 6.07) is 13.1. The third-order valence-corrected chi connectivity index (χ3v) is 7.22. The normalized spacial score (nSPS) is 16.9. The van der Waals surface area contributed by atoms with Gasteiger partial charge >= 0.3 is 0 Å². The number of aromatic nitrogens is 1. The summed E-state index contributed by atoms with van der Waals surface area (Å²) in [6.45, 7) is 5.01. The average Bonchev–Trinajstić information content (AvgIpc) is 3.15. The van der Waals surface area contributed by atoms with Gasteiger partial charge < -0.3 is 4.90 Å². The molecule has 1 unspecified atom stereocenters. The van der Waals surface area contributed by atoms with Crippen LogP contribution in [0.4, 0.5) is 5.69 Å². The van der Waals surface area contributed by atoms with Gasteiger partial charge in [-0.2, -0.15) is 0 Å². The smallest absolute Gasteiger partial charge is 0.175 e. The quantitative estimate of drug-likeness (QED) is 0.577. The van der Waals surface area contributed by atoms with Gasteiger partial charge in [-0.3, -0.25) is 0 Å². The van der Waals surface area contributed by atoms with Gasteiger partial charge in [0.05, 0.1) is 9.90 Å². The first kappa shape index (κ1) is 19.2. The molecular weight excluding hydrogens is 412 g/mol. The minimum atomic E-state index is -3.35. The predicted octanol–water partition coefficient (Wildman–Crippen LogP) is 4.91. The largest absolute Gasteiger partial charge is 0.344 e. The maximum atomic E-state index is 12.4. The van der Waals surface area contributed by atoms with Crippen LogP contribution in [0.2, 0.25) is 5.02 Å². The summed E-state index contributed by atoms with van der Waals surface area (Å²) in [5.74, 6) is 0.0762. The number of hydrogen-bond acceptors (Lipinski definition) is 5. The number of sulfone groups is 1. The van der Waals surface area contributed by atoms with Crippen LogP contribution in [-0.4, -0.2) is 26.2 Å². The number of anilines is 1. The molecule has 0 saturated carbocycles. The minimum Gasteiger partial charge on any atom is -0.344 e. The molecule has 0 N–H and O–H groups in total. The first-order chi connectivity index (χ1) is 13.3. The van der Waals surface area contributed by atoms with Crippen LogP contribution in [0.1, 0.15) is 22.1 Å². The molecule has 7 heteroatoms. The Hall–Kier alpha value is -2.15. The summed E-state index contributed by atoms with van der Waals surface area (Å²) >= 11 is 7.52. The van der Waals surface area contributed by atoms with Crippen molar-refractivity contribution in [2.24, 2.45) is 0 Å². The van der Waals surface area contributed by atoms with Gasteiger partial charge in [0.25, 0.3) is 0 Å². The first-order valence-electron chi connectivity index (χ1n) is 8.76. The zero-order chi connectivity index (χ0) is 19.9. The molecular formula is C21H19ClN2O2S2. The van der Waals surface area contributed by atoms with E-state index in [2.05, 4.69) is 16.5 Å². The SMILES string of the molecule is C=C1C(c2cccc(S(C)(=O)=O)c2Cc2nccs2)CN1c1ccc(Cl)cc1. The van der Waals surface area contributed by atoms with Crippen LogP contribution in [-0.2, 0) is 16.3 Å². The Morgan fingerprint density at radius 3 is 2.61 bits per heavy atom. The molecule has 0 spiro atoms. The lowest BCUT2D eigenvalue weighted by molar-refractivity contribution is 0.597. The average molecular weight is 431 g/mol. The van der Waals surface area contributed by atoms with Gasteiger partial charge in [-0.05, 0) is 41.5 Å². The summed E-state index contributed by atoms with van der Waals surface area (Å²) < 4.78 is 24.8. The monoisotopic (exact) mass is 430 g/mol. The molecule has 1 aliphatic rings. The molecule has 0 amide bonds. The molecule has 0 aliphatic carbocycles. The van der Waals surface area contributed by atoms with E-state index in [1.165, 1.54) is 17.6 Å². The zero-order valence-corrected chi connectivity index (χ0v) is 17.7. The standard InChI is InChI=1S/C21H19ClN2O2S2/c1-14-19(13-24(14)16-8-6-15(22)7-9-16)17-4-3-5-20(28(2,25)26)18(17)12-21-23-10-11-27-21/h3-11,19H,1,12-13H2,2H3. The Morgan fingerprint density at radius 1 is 1.25 bits per heavy atom. The molecule has 3 aromatic rings. The van der Waals surface area contributed by atoms with Crippen molar-refractivity contribution in [1.82, 2.24) is 4.98 Å². The molecule has 28 heavy (non-hydrogen) atoms. The van der Waals surface area contributed by atoms with Crippen LogP contribution in [0.25, 0.3) is 0 Å². The van der Waals surface area contributed by atoms with Gasteiger partial charge in [0.1, 0.15) is 0 Å². The molecule has 0 radical (unpaired) electrons. The summed E-state index contributed by atoms with van der Waals surface area (Å²) in [5.41, 5.74) is 3.81. The Kier molecular flexibility index (Phi) is 5.04. The van der Waals surface area contributed by atoms with E-state index < -0.39 is 9.84 Å². The molecule has 2 aromatic carbocycles. The second-order valence-corrected chi connectivity index (χ2v) is 10.2. The van der Waals surface area contributed by atoms with Gasteiger partial charge in [-0.1, -0.05) is 30.3 Å². The van der Waals surface area contributed by atoms with Crippen molar-refractivity contribution >= 4 is 38.5 Å². The molecule has 2 heterocycles. The highest BCUT2D eigenvalue weighted by molar-refractivity contribution is 7.90. The molecule has 1 aliphatic heterocycles. The maximum Gasteiger partial charge on any atom is 0.175 e. The molecule has 0 bridgehead atoms. The molecule has 4 nitrogen and oxygen atoms in total. The predicted molar refractivity (Wildman–Crippen MR) is 115 cm³/mol. The van der Waals surface area contributed by atoms with Gasteiger partial charge in [-0.15, -0.1) is 11.3 Å². The summed E-state index contributed by atoms with van der Waals surface area (Å²) in [7, 11) is -3.35. The molecule has 1 fully saturated rings. The van der Waals surface area contributed by atoms with Crippen molar-refractivity contribution < 1.29 is 8.42 Å². The lowest BCUT2D eigenvalue weighted by Gasteiger charge is -2.44. The van der Waals surface area contributed by atoms with Crippen molar-refractivity contribution in [3.63, 3.8) is 0 Å². The van der Waals surface area contributed by atoms with E-state index in [0.29, 0.717) is 16.3 Å². The first-order valence-corrected chi connectivity index (χ1v) is 11.9. The lowest BCUT2D eigenvalue weighted by Crippen LogP contribution is -2.42. The lowest BCUT2D eigenvalue weighted by atomic mass is 9.84. The van der Waals surface area contributed by atoms with Crippen LogP contribution < -0.4 is 4.90 Å². The van der Waals surface area contributed by atoms with E-state index in [0.717, 1.165) is 34.1 Å². The van der Waals surface area contributed by atoms with E-state index in [9.17, 15) is 8.42 Å². The molecule has 144 valence electrons.